The molecule has 3 heteroatoms. The normalized spacial score (nSPS) is 25.6. The van der Waals surface area contributed by atoms with Crippen molar-refractivity contribution in [3.05, 3.63) is 34.9 Å². The van der Waals surface area contributed by atoms with E-state index in [4.69, 9.17) is 11.6 Å². The van der Waals surface area contributed by atoms with Gasteiger partial charge in [0.15, 0.2) is 0 Å². The van der Waals surface area contributed by atoms with Crippen molar-refractivity contribution >= 4 is 11.6 Å². The summed E-state index contributed by atoms with van der Waals surface area (Å²) in [5, 5.41) is 4.50. The number of halogens is 1. The Morgan fingerprint density at radius 1 is 1.39 bits per heavy atom. The highest BCUT2D eigenvalue weighted by Gasteiger charge is 2.26. The van der Waals surface area contributed by atoms with Gasteiger partial charge in [0, 0.05) is 36.7 Å². The van der Waals surface area contributed by atoms with Gasteiger partial charge in [-0.15, -0.1) is 0 Å². The Balaban J connectivity index is 2.05. The van der Waals surface area contributed by atoms with Crippen molar-refractivity contribution in [2.75, 3.05) is 13.1 Å². The third kappa shape index (κ3) is 3.25. The fraction of sp³-hybridized carbons (Fsp3) is 0.600. The molecule has 0 radical (unpaired) electrons. The lowest BCUT2D eigenvalue weighted by molar-refractivity contribution is 0.116. The van der Waals surface area contributed by atoms with Crippen molar-refractivity contribution in [2.24, 2.45) is 5.92 Å². The van der Waals surface area contributed by atoms with Gasteiger partial charge in [-0.3, -0.25) is 4.90 Å². The van der Waals surface area contributed by atoms with E-state index in [1.165, 1.54) is 5.56 Å². The van der Waals surface area contributed by atoms with E-state index in [1.54, 1.807) is 0 Å². The van der Waals surface area contributed by atoms with E-state index in [0.29, 0.717) is 18.0 Å². The van der Waals surface area contributed by atoms with E-state index >= 15 is 0 Å². The van der Waals surface area contributed by atoms with E-state index in [0.717, 1.165) is 24.7 Å². The van der Waals surface area contributed by atoms with Gasteiger partial charge in [-0.25, -0.2) is 0 Å². The Labute approximate surface area is 115 Å². The Kier molecular flexibility index (Phi) is 4.66. The van der Waals surface area contributed by atoms with Gasteiger partial charge in [0.2, 0.25) is 0 Å². The maximum Gasteiger partial charge on any atom is 0.0451 e. The van der Waals surface area contributed by atoms with Crippen LogP contribution in [0.1, 0.15) is 26.3 Å². The highest BCUT2D eigenvalue weighted by molar-refractivity contribution is 6.31. The summed E-state index contributed by atoms with van der Waals surface area (Å²) >= 11 is 6.25. The highest BCUT2D eigenvalue weighted by atomic mass is 35.5. The zero-order valence-corrected chi connectivity index (χ0v) is 12.2. The largest absolute Gasteiger partial charge is 0.311 e. The molecule has 0 saturated carbocycles. The molecule has 2 atom stereocenters. The van der Waals surface area contributed by atoms with Crippen LogP contribution in [0.4, 0.5) is 0 Å². The number of nitrogens with one attached hydrogen (secondary N) is 1. The molecule has 2 rings (SSSR count). The lowest BCUT2D eigenvalue weighted by atomic mass is 9.99. The predicted molar refractivity (Wildman–Crippen MR) is 78.0 cm³/mol. The summed E-state index contributed by atoms with van der Waals surface area (Å²) in [6.45, 7) is 9.95. The second-order valence-corrected chi connectivity index (χ2v) is 6.04. The summed E-state index contributed by atoms with van der Waals surface area (Å²) in [6, 6.07) is 9.31. The van der Waals surface area contributed by atoms with E-state index in [1.807, 2.05) is 12.1 Å². The van der Waals surface area contributed by atoms with E-state index < -0.39 is 0 Å². The van der Waals surface area contributed by atoms with Crippen LogP contribution in [0, 0.1) is 5.92 Å². The molecule has 1 aromatic carbocycles. The minimum absolute atomic E-state index is 0.566. The molecule has 1 saturated heterocycles. The third-order valence-corrected chi connectivity index (χ3v) is 4.23. The molecule has 1 N–H and O–H groups in total. The molecule has 1 heterocycles. The Morgan fingerprint density at radius 3 is 2.78 bits per heavy atom. The summed E-state index contributed by atoms with van der Waals surface area (Å²) in [6.07, 6.45) is 0. The van der Waals surface area contributed by atoms with Crippen molar-refractivity contribution in [3.63, 3.8) is 0 Å². The predicted octanol–water partition coefficient (Wildman–Crippen LogP) is 3.16. The average molecular weight is 267 g/mol. The first-order valence-electron chi connectivity index (χ1n) is 6.78. The molecule has 0 bridgehead atoms. The molecular weight excluding hydrogens is 244 g/mol. The van der Waals surface area contributed by atoms with Crippen LogP contribution >= 0.6 is 11.6 Å². The number of benzene rings is 1. The topological polar surface area (TPSA) is 15.3 Å². The Hall–Kier alpha value is -0.570. The van der Waals surface area contributed by atoms with Crippen LogP contribution in [0.25, 0.3) is 0 Å². The van der Waals surface area contributed by atoms with Crippen LogP contribution in [0.5, 0.6) is 0 Å². The van der Waals surface area contributed by atoms with Crippen LogP contribution in [-0.4, -0.2) is 30.1 Å². The minimum Gasteiger partial charge on any atom is -0.311 e. The molecule has 1 aliphatic rings. The smallest absolute Gasteiger partial charge is 0.0451 e. The summed E-state index contributed by atoms with van der Waals surface area (Å²) in [5.41, 5.74) is 1.23. The number of hydrogen-bond donors (Lipinski definition) is 1. The number of rotatable bonds is 3. The van der Waals surface area contributed by atoms with E-state index in [9.17, 15) is 0 Å². The van der Waals surface area contributed by atoms with Crippen molar-refractivity contribution in [1.82, 2.24) is 10.2 Å². The second kappa shape index (κ2) is 6.05. The first-order valence-corrected chi connectivity index (χ1v) is 7.16. The quantitative estimate of drug-likeness (QED) is 0.904. The molecule has 18 heavy (non-hydrogen) atoms. The van der Waals surface area contributed by atoms with Crippen molar-refractivity contribution < 1.29 is 0 Å². The number of piperazine rings is 1. The SMILES string of the molecule is CC(C)C1CN(Cc2ccccc2Cl)C(C)CN1. The van der Waals surface area contributed by atoms with Crippen LogP contribution in [0.3, 0.4) is 0 Å². The Morgan fingerprint density at radius 2 is 2.11 bits per heavy atom. The summed E-state index contributed by atoms with van der Waals surface area (Å²) in [4.78, 5) is 2.53. The number of hydrogen-bond acceptors (Lipinski definition) is 2. The second-order valence-electron chi connectivity index (χ2n) is 5.63. The van der Waals surface area contributed by atoms with Gasteiger partial charge in [0.1, 0.15) is 0 Å². The average Bonchev–Trinajstić information content (AvgIpc) is 2.34. The van der Waals surface area contributed by atoms with Crippen molar-refractivity contribution in [2.45, 2.75) is 39.4 Å². The molecule has 2 nitrogen and oxygen atoms in total. The first-order chi connectivity index (χ1) is 8.58. The molecule has 0 amide bonds. The molecule has 1 aromatic rings. The highest BCUT2D eigenvalue weighted by Crippen LogP contribution is 2.20. The molecule has 0 aliphatic carbocycles. The molecular formula is C15H23ClN2. The lowest BCUT2D eigenvalue weighted by Crippen LogP contribution is -2.56. The molecule has 100 valence electrons. The molecule has 0 spiro atoms. The molecule has 1 fully saturated rings. The van der Waals surface area contributed by atoms with Crippen LogP contribution in [0.15, 0.2) is 24.3 Å². The van der Waals surface area contributed by atoms with Gasteiger partial charge in [-0.2, -0.15) is 0 Å². The monoisotopic (exact) mass is 266 g/mol. The van der Waals surface area contributed by atoms with E-state index in [2.05, 4.69) is 43.1 Å². The third-order valence-electron chi connectivity index (χ3n) is 3.87. The van der Waals surface area contributed by atoms with Crippen molar-refractivity contribution in [3.8, 4) is 0 Å². The summed E-state index contributed by atoms with van der Waals surface area (Å²) in [5.74, 6) is 0.672. The van der Waals surface area contributed by atoms with Crippen molar-refractivity contribution in [1.29, 1.82) is 0 Å². The van der Waals surface area contributed by atoms with Crippen LogP contribution in [0.2, 0.25) is 5.02 Å². The fourth-order valence-corrected chi connectivity index (χ4v) is 2.66. The van der Waals surface area contributed by atoms with Gasteiger partial charge in [-0.05, 0) is 24.5 Å². The fourth-order valence-electron chi connectivity index (χ4n) is 2.46. The zero-order chi connectivity index (χ0) is 13.1. The first kappa shape index (κ1) is 13.9. The summed E-state index contributed by atoms with van der Waals surface area (Å²) in [7, 11) is 0. The maximum atomic E-state index is 6.25. The maximum absolute atomic E-state index is 6.25. The Bertz CT molecular complexity index is 392. The standard InChI is InChI=1S/C15H23ClN2/c1-11(2)15-10-18(12(3)8-17-15)9-13-6-4-5-7-14(13)16/h4-7,11-12,15,17H,8-10H2,1-3H3. The zero-order valence-electron chi connectivity index (χ0n) is 11.5. The number of nitrogens with zero attached hydrogens (tertiary/aromatic N) is 1. The minimum atomic E-state index is 0.566. The van der Waals surface area contributed by atoms with Crippen LogP contribution in [-0.2, 0) is 6.54 Å². The van der Waals surface area contributed by atoms with Crippen LogP contribution < -0.4 is 5.32 Å². The van der Waals surface area contributed by atoms with Gasteiger partial charge in [0.25, 0.3) is 0 Å². The lowest BCUT2D eigenvalue weighted by Gasteiger charge is -2.40. The molecule has 0 aromatic heterocycles. The van der Waals surface area contributed by atoms with Gasteiger partial charge in [-0.1, -0.05) is 43.6 Å². The van der Waals surface area contributed by atoms with Gasteiger partial charge in [0.05, 0.1) is 0 Å². The molecule has 2 unspecified atom stereocenters. The molecule has 1 aliphatic heterocycles. The summed E-state index contributed by atoms with van der Waals surface area (Å²) < 4.78 is 0. The van der Waals surface area contributed by atoms with Gasteiger partial charge >= 0.3 is 0 Å². The van der Waals surface area contributed by atoms with Gasteiger partial charge < -0.3 is 5.32 Å². The van der Waals surface area contributed by atoms with E-state index in [-0.39, 0.29) is 0 Å².